The van der Waals surface area contributed by atoms with E-state index in [1.54, 1.807) is 12.1 Å². The monoisotopic (exact) mass is 321 g/mol. The Morgan fingerprint density at radius 1 is 1.37 bits per heavy atom. The van der Waals surface area contributed by atoms with E-state index in [9.17, 15) is 8.42 Å². The van der Waals surface area contributed by atoms with E-state index in [0.717, 1.165) is 17.1 Å². The van der Waals surface area contributed by atoms with Gasteiger partial charge in [-0.3, -0.25) is 0 Å². The molecule has 0 aliphatic carbocycles. The first-order chi connectivity index (χ1) is 9.12. The molecule has 1 aromatic rings. The summed E-state index contributed by atoms with van der Waals surface area (Å²) in [6, 6.07) is 3.39. The molecule has 2 rings (SSSR count). The number of nitrogens with one attached hydrogen (secondary N) is 1. The summed E-state index contributed by atoms with van der Waals surface area (Å²) >= 11 is 3.09. The van der Waals surface area contributed by atoms with E-state index in [1.165, 1.54) is 24.2 Å². The van der Waals surface area contributed by atoms with Crippen molar-refractivity contribution in [2.24, 2.45) is 0 Å². The Hall–Kier alpha value is -0.0800. The van der Waals surface area contributed by atoms with Gasteiger partial charge in [-0.15, -0.1) is 11.3 Å². The average Bonchev–Trinajstić information content (AvgIpc) is 2.88. The molecule has 1 unspecified atom stereocenters. The molecular weight excluding hydrogens is 302 g/mol. The van der Waals surface area contributed by atoms with E-state index in [-0.39, 0.29) is 6.61 Å². The zero-order valence-corrected chi connectivity index (χ0v) is 13.1. The lowest BCUT2D eigenvalue weighted by atomic mass is 10.2. The highest BCUT2D eigenvalue weighted by molar-refractivity contribution is 8.00. The van der Waals surface area contributed by atoms with Gasteiger partial charge in [-0.25, -0.2) is 13.1 Å². The molecule has 7 heteroatoms. The van der Waals surface area contributed by atoms with Gasteiger partial charge in [-0.05, 0) is 30.7 Å². The highest BCUT2D eigenvalue weighted by Gasteiger charge is 2.20. The molecular formula is C12H19NO3S3. The van der Waals surface area contributed by atoms with Gasteiger partial charge >= 0.3 is 0 Å². The Labute approximate surface area is 122 Å². The van der Waals surface area contributed by atoms with Crippen LogP contribution in [0.15, 0.2) is 16.3 Å². The zero-order valence-electron chi connectivity index (χ0n) is 10.7. The maximum Gasteiger partial charge on any atom is 0.250 e. The molecule has 1 fully saturated rings. The van der Waals surface area contributed by atoms with Crippen LogP contribution in [0.5, 0.6) is 0 Å². The van der Waals surface area contributed by atoms with Gasteiger partial charge in [0.25, 0.3) is 0 Å². The second-order valence-corrected chi connectivity index (χ2v) is 9.11. The first-order valence-corrected chi connectivity index (χ1v) is 9.77. The fourth-order valence-electron chi connectivity index (χ4n) is 1.99. The third kappa shape index (κ3) is 4.46. The van der Waals surface area contributed by atoms with Crippen LogP contribution in [-0.4, -0.2) is 37.7 Å². The van der Waals surface area contributed by atoms with Crippen LogP contribution in [0.25, 0.3) is 0 Å². The van der Waals surface area contributed by atoms with Crippen molar-refractivity contribution in [1.82, 2.24) is 4.72 Å². The second kappa shape index (κ2) is 7.08. The van der Waals surface area contributed by atoms with Crippen LogP contribution in [0, 0.1) is 0 Å². The SMILES string of the molecule is O=S(=O)(NCC1CCCCS1)c1ccc(CCO)s1. The van der Waals surface area contributed by atoms with Crippen LogP contribution in [0.2, 0.25) is 0 Å². The van der Waals surface area contributed by atoms with Gasteiger partial charge in [0.15, 0.2) is 0 Å². The number of hydrogen-bond donors (Lipinski definition) is 2. The summed E-state index contributed by atoms with van der Waals surface area (Å²) in [6.45, 7) is 0.562. The van der Waals surface area contributed by atoms with E-state index in [0.29, 0.717) is 22.4 Å². The Morgan fingerprint density at radius 2 is 2.21 bits per heavy atom. The van der Waals surface area contributed by atoms with Crippen molar-refractivity contribution in [3.05, 3.63) is 17.0 Å². The number of aliphatic hydroxyl groups excluding tert-OH is 1. The maximum atomic E-state index is 12.1. The number of aliphatic hydroxyl groups is 1. The summed E-state index contributed by atoms with van der Waals surface area (Å²) in [5, 5.41) is 9.25. The average molecular weight is 321 g/mol. The Morgan fingerprint density at radius 3 is 2.89 bits per heavy atom. The van der Waals surface area contributed by atoms with Crippen LogP contribution in [-0.2, 0) is 16.4 Å². The van der Waals surface area contributed by atoms with Crippen LogP contribution < -0.4 is 4.72 Å². The third-order valence-electron chi connectivity index (χ3n) is 3.04. The molecule has 2 heterocycles. The molecule has 0 spiro atoms. The number of sulfonamides is 1. The summed E-state index contributed by atoms with van der Waals surface area (Å²) < 4.78 is 27.3. The Bertz CT molecular complexity index is 492. The van der Waals surface area contributed by atoms with Crippen LogP contribution in [0.4, 0.5) is 0 Å². The predicted molar refractivity (Wildman–Crippen MR) is 80.4 cm³/mol. The van der Waals surface area contributed by atoms with E-state index >= 15 is 0 Å². The fourth-order valence-corrected chi connectivity index (χ4v) is 5.80. The van der Waals surface area contributed by atoms with Crippen molar-refractivity contribution < 1.29 is 13.5 Å². The number of thiophene rings is 1. The Balaban J connectivity index is 1.92. The minimum atomic E-state index is -3.38. The lowest BCUT2D eigenvalue weighted by molar-refractivity contribution is 0.300. The van der Waals surface area contributed by atoms with Crippen molar-refractivity contribution in [2.75, 3.05) is 18.9 Å². The van der Waals surface area contributed by atoms with Gasteiger partial charge in [0.2, 0.25) is 10.0 Å². The van der Waals surface area contributed by atoms with Gasteiger partial charge in [-0.1, -0.05) is 6.42 Å². The van der Waals surface area contributed by atoms with Crippen molar-refractivity contribution in [3.63, 3.8) is 0 Å². The van der Waals surface area contributed by atoms with E-state index in [1.807, 2.05) is 11.8 Å². The quantitative estimate of drug-likeness (QED) is 0.839. The van der Waals surface area contributed by atoms with Gasteiger partial charge < -0.3 is 5.11 Å². The van der Waals surface area contributed by atoms with Gasteiger partial charge in [0.05, 0.1) is 0 Å². The first kappa shape index (κ1) is 15.3. The lowest BCUT2D eigenvalue weighted by Crippen LogP contribution is -2.31. The fraction of sp³-hybridized carbons (Fsp3) is 0.667. The standard InChI is InChI=1S/C12H19NO3S3/c14-7-6-10-4-5-12(18-10)19(15,16)13-9-11-3-1-2-8-17-11/h4-5,11,13-14H,1-3,6-9H2. The number of hydrogen-bond acceptors (Lipinski definition) is 5. The topological polar surface area (TPSA) is 66.4 Å². The zero-order chi connectivity index (χ0) is 13.7. The minimum Gasteiger partial charge on any atom is -0.396 e. The summed E-state index contributed by atoms with van der Waals surface area (Å²) in [5.41, 5.74) is 0. The molecule has 0 bridgehead atoms. The van der Waals surface area contributed by atoms with Crippen LogP contribution >= 0.6 is 23.1 Å². The molecule has 1 aromatic heterocycles. The molecule has 0 saturated carbocycles. The molecule has 19 heavy (non-hydrogen) atoms. The van der Waals surface area contributed by atoms with Gasteiger partial charge in [0, 0.05) is 29.7 Å². The van der Waals surface area contributed by atoms with Crippen molar-refractivity contribution in [1.29, 1.82) is 0 Å². The van der Waals surface area contributed by atoms with E-state index in [4.69, 9.17) is 5.11 Å². The normalized spacial score (nSPS) is 20.6. The molecule has 1 aliphatic heterocycles. The lowest BCUT2D eigenvalue weighted by Gasteiger charge is -2.21. The predicted octanol–water partition coefficient (Wildman–Crippen LogP) is 1.85. The molecule has 4 nitrogen and oxygen atoms in total. The van der Waals surface area contributed by atoms with Gasteiger partial charge in [-0.2, -0.15) is 11.8 Å². The molecule has 0 radical (unpaired) electrons. The molecule has 1 atom stereocenters. The first-order valence-electron chi connectivity index (χ1n) is 6.42. The van der Waals surface area contributed by atoms with E-state index < -0.39 is 10.0 Å². The van der Waals surface area contributed by atoms with E-state index in [2.05, 4.69) is 4.72 Å². The highest BCUT2D eigenvalue weighted by atomic mass is 32.2. The molecule has 108 valence electrons. The molecule has 0 aromatic carbocycles. The summed E-state index contributed by atoms with van der Waals surface area (Å²) in [5.74, 6) is 1.13. The Kier molecular flexibility index (Phi) is 5.70. The number of thioether (sulfide) groups is 1. The molecule has 1 saturated heterocycles. The summed E-state index contributed by atoms with van der Waals surface area (Å²) in [4.78, 5) is 0.898. The highest BCUT2D eigenvalue weighted by Crippen LogP contribution is 2.26. The summed E-state index contributed by atoms with van der Waals surface area (Å²) in [6.07, 6.45) is 4.04. The van der Waals surface area contributed by atoms with Crippen LogP contribution in [0.3, 0.4) is 0 Å². The largest absolute Gasteiger partial charge is 0.396 e. The van der Waals surface area contributed by atoms with Crippen molar-refractivity contribution in [3.8, 4) is 0 Å². The minimum absolute atomic E-state index is 0.0478. The molecule has 1 aliphatic rings. The summed E-state index contributed by atoms with van der Waals surface area (Å²) in [7, 11) is -3.38. The molecule has 0 amide bonds. The van der Waals surface area contributed by atoms with Crippen molar-refractivity contribution >= 4 is 33.1 Å². The second-order valence-electron chi connectivity index (χ2n) is 4.53. The maximum absolute atomic E-state index is 12.1. The van der Waals surface area contributed by atoms with Crippen molar-refractivity contribution in [2.45, 2.75) is 35.1 Å². The smallest absolute Gasteiger partial charge is 0.250 e. The van der Waals surface area contributed by atoms with Crippen LogP contribution in [0.1, 0.15) is 24.1 Å². The number of rotatable bonds is 6. The molecule has 2 N–H and O–H groups in total. The van der Waals surface area contributed by atoms with Gasteiger partial charge in [0.1, 0.15) is 4.21 Å². The third-order valence-corrected chi connectivity index (χ3v) is 7.49.